The van der Waals surface area contributed by atoms with Crippen LogP contribution in [-0.2, 0) is 20.7 Å². The van der Waals surface area contributed by atoms with Crippen molar-refractivity contribution in [3.63, 3.8) is 0 Å². The molecule has 0 radical (unpaired) electrons. The highest BCUT2D eigenvalue weighted by Crippen LogP contribution is 2.42. The molecule has 6 heteroatoms. The molecule has 0 unspecified atom stereocenters. The molecule has 2 fully saturated rings. The van der Waals surface area contributed by atoms with E-state index >= 15 is 0 Å². The Hall–Kier alpha value is -2.08. The molecule has 2 saturated heterocycles. The van der Waals surface area contributed by atoms with Crippen LogP contribution in [0.3, 0.4) is 0 Å². The molecule has 0 aromatic heterocycles. The third-order valence-corrected chi connectivity index (χ3v) is 5.27. The van der Waals surface area contributed by atoms with Gasteiger partial charge in [-0.1, -0.05) is 12.1 Å². The lowest BCUT2D eigenvalue weighted by Crippen LogP contribution is -2.45. The number of methoxy groups -OCH3 is 1. The standard InChI is InChI=1S/C18H23NO5/c1-23-15-5-2-13(3-6-15)4-7-16(20)19-10-14-11-24-9-8-18(14,12-19)17(21)22/h2-3,5-6,14H,4,7-12H2,1H3,(H,21,22)/t14-,18+/m0/s1. The van der Waals surface area contributed by atoms with Crippen LogP contribution in [0.5, 0.6) is 5.75 Å². The average Bonchev–Trinajstić information content (AvgIpc) is 3.01. The number of hydrogen-bond donors (Lipinski definition) is 1. The van der Waals surface area contributed by atoms with Crippen LogP contribution in [0.4, 0.5) is 0 Å². The van der Waals surface area contributed by atoms with E-state index in [1.54, 1.807) is 12.0 Å². The molecule has 0 spiro atoms. The van der Waals surface area contributed by atoms with Crippen LogP contribution in [0, 0.1) is 11.3 Å². The van der Waals surface area contributed by atoms with E-state index in [4.69, 9.17) is 9.47 Å². The van der Waals surface area contributed by atoms with Crippen LogP contribution >= 0.6 is 0 Å². The summed E-state index contributed by atoms with van der Waals surface area (Å²) in [6.45, 7) is 1.66. The van der Waals surface area contributed by atoms with Gasteiger partial charge in [-0.15, -0.1) is 0 Å². The van der Waals surface area contributed by atoms with E-state index in [2.05, 4.69) is 0 Å². The number of carbonyl (C=O) groups is 2. The van der Waals surface area contributed by atoms with Crippen molar-refractivity contribution < 1.29 is 24.2 Å². The lowest BCUT2D eigenvalue weighted by molar-refractivity contribution is -0.157. The molecular weight excluding hydrogens is 310 g/mol. The minimum Gasteiger partial charge on any atom is -0.497 e. The number of carboxylic acids is 1. The Morgan fingerprint density at radius 2 is 2.12 bits per heavy atom. The molecule has 24 heavy (non-hydrogen) atoms. The van der Waals surface area contributed by atoms with Crippen molar-refractivity contribution in [1.82, 2.24) is 4.90 Å². The van der Waals surface area contributed by atoms with Gasteiger partial charge in [-0.3, -0.25) is 9.59 Å². The highest BCUT2D eigenvalue weighted by atomic mass is 16.5. The Morgan fingerprint density at radius 1 is 1.38 bits per heavy atom. The van der Waals surface area contributed by atoms with Crippen molar-refractivity contribution in [2.45, 2.75) is 19.3 Å². The van der Waals surface area contributed by atoms with Gasteiger partial charge in [0, 0.05) is 32.0 Å². The van der Waals surface area contributed by atoms with Crippen molar-refractivity contribution in [2.75, 3.05) is 33.4 Å². The summed E-state index contributed by atoms with van der Waals surface area (Å²) in [4.78, 5) is 26.0. The number of rotatable bonds is 5. The summed E-state index contributed by atoms with van der Waals surface area (Å²) in [5.74, 6) is -0.104. The van der Waals surface area contributed by atoms with Crippen molar-refractivity contribution in [3.8, 4) is 5.75 Å². The Kier molecular flexibility index (Phi) is 4.76. The van der Waals surface area contributed by atoms with Crippen molar-refractivity contribution in [2.24, 2.45) is 11.3 Å². The predicted molar refractivity (Wildman–Crippen MR) is 86.9 cm³/mol. The average molecular weight is 333 g/mol. The molecule has 2 atom stereocenters. The maximum atomic E-state index is 12.5. The molecule has 2 aliphatic rings. The van der Waals surface area contributed by atoms with Gasteiger partial charge in [0.05, 0.1) is 19.1 Å². The molecule has 1 aromatic carbocycles. The SMILES string of the molecule is COc1ccc(CCC(=O)N2C[C@H]3COCC[C@@]3(C(=O)O)C2)cc1. The number of hydrogen-bond acceptors (Lipinski definition) is 4. The number of benzene rings is 1. The number of fused-ring (bicyclic) bond motifs is 1. The van der Waals surface area contributed by atoms with Gasteiger partial charge >= 0.3 is 5.97 Å². The zero-order chi connectivity index (χ0) is 17.2. The summed E-state index contributed by atoms with van der Waals surface area (Å²) in [6, 6.07) is 7.65. The summed E-state index contributed by atoms with van der Waals surface area (Å²) < 4.78 is 10.5. The van der Waals surface area contributed by atoms with Crippen LogP contribution in [0.1, 0.15) is 18.4 Å². The van der Waals surface area contributed by atoms with Gasteiger partial charge < -0.3 is 19.5 Å². The molecule has 0 aliphatic carbocycles. The topological polar surface area (TPSA) is 76.1 Å². The van der Waals surface area contributed by atoms with E-state index < -0.39 is 11.4 Å². The summed E-state index contributed by atoms with van der Waals surface area (Å²) >= 11 is 0. The fourth-order valence-corrected chi connectivity index (χ4v) is 3.69. The van der Waals surface area contributed by atoms with Crippen molar-refractivity contribution >= 4 is 11.9 Å². The lowest BCUT2D eigenvalue weighted by atomic mass is 9.74. The summed E-state index contributed by atoms with van der Waals surface area (Å²) in [7, 11) is 1.62. The zero-order valence-corrected chi connectivity index (χ0v) is 13.9. The number of aliphatic carboxylic acids is 1. The van der Waals surface area contributed by atoms with Crippen LogP contribution in [0.25, 0.3) is 0 Å². The maximum absolute atomic E-state index is 12.5. The summed E-state index contributed by atoms with van der Waals surface area (Å²) in [5, 5.41) is 9.65. The van der Waals surface area contributed by atoms with Crippen molar-refractivity contribution in [1.29, 1.82) is 0 Å². The largest absolute Gasteiger partial charge is 0.497 e. The number of nitrogens with zero attached hydrogens (tertiary/aromatic N) is 1. The fourth-order valence-electron chi connectivity index (χ4n) is 3.69. The second kappa shape index (κ2) is 6.81. The minimum atomic E-state index is -0.825. The Bertz CT molecular complexity index is 614. The van der Waals surface area contributed by atoms with E-state index in [1.165, 1.54) is 0 Å². The number of aryl methyl sites for hydroxylation is 1. The van der Waals surface area contributed by atoms with E-state index in [9.17, 15) is 14.7 Å². The Morgan fingerprint density at radius 3 is 2.75 bits per heavy atom. The highest BCUT2D eigenvalue weighted by molar-refractivity contribution is 5.81. The number of likely N-dealkylation sites (tertiary alicyclic amines) is 1. The first-order valence-corrected chi connectivity index (χ1v) is 8.27. The predicted octanol–water partition coefficient (Wildman–Crippen LogP) is 1.58. The van der Waals surface area contributed by atoms with Gasteiger partial charge in [-0.2, -0.15) is 0 Å². The molecule has 6 nitrogen and oxygen atoms in total. The van der Waals surface area contributed by atoms with Crippen LogP contribution in [0.2, 0.25) is 0 Å². The van der Waals surface area contributed by atoms with Crippen molar-refractivity contribution in [3.05, 3.63) is 29.8 Å². The van der Waals surface area contributed by atoms with Gasteiger partial charge in [0.15, 0.2) is 0 Å². The second-order valence-corrected chi connectivity index (χ2v) is 6.61. The van der Waals surface area contributed by atoms with E-state index in [-0.39, 0.29) is 11.8 Å². The number of carboxylic acid groups (broad SMARTS) is 1. The van der Waals surface area contributed by atoms with Gasteiger partial charge in [0.25, 0.3) is 0 Å². The van der Waals surface area contributed by atoms with E-state index in [0.29, 0.717) is 45.6 Å². The summed E-state index contributed by atoms with van der Waals surface area (Å²) in [5.41, 5.74) is 0.241. The first-order valence-electron chi connectivity index (χ1n) is 8.27. The van der Waals surface area contributed by atoms with Gasteiger partial charge in [0.1, 0.15) is 5.75 Å². The number of amides is 1. The molecule has 1 aromatic rings. The maximum Gasteiger partial charge on any atom is 0.311 e. The first kappa shape index (κ1) is 16.8. The minimum absolute atomic E-state index is 0.0147. The molecular formula is C18H23NO5. The molecule has 0 saturated carbocycles. The Labute approximate surface area is 141 Å². The molecule has 2 heterocycles. The van der Waals surface area contributed by atoms with Crippen LogP contribution in [-0.4, -0.2) is 55.3 Å². The summed E-state index contributed by atoms with van der Waals surface area (Å²) in [6.07, 6.45) is 1.51. The van der Waals surface area contributed by atoms with Crippen LogP contribution in [0.15, 0.2) is 24.3 Å². The molecule has 1 N–H and O–H groups in total. The third kappa shape index (κ3) is 3.11. The van der Waals surface area contributed by atoms with Gasteiger partial charge in [-0.05, 0) is 30.5 Å². The lowest BCUT2D eigenvalue weighted by Gasteiger charge is -2.33. The second-order valence-electron chi connectivity index (χ2n) is 6.61. The smallest absolute Gasteiger partial charge is 0.311 e. The third-order valence-electron chi connectivity index (χ3n) is 5.27. The van der Waals surface area contributed by atoms with Crippen LogP contribution < -0.4 is 4.74 Å². The fraction of sp³-hybridized carbons (Fsp3) is 0.556. The van der Waals surface area contributed by atoms with E-state index in [1.807, 2.05) is 24.3 Å². The highest BCUT2D eigenvalue weighted by Gasteiger charge is 2.54. The van der Waals surface area contributed by atoms with Gasteiger partial charge in [-0.25, -0.2) is 0 Å². The molecule has 3 rings (SSSR count). The number of carbonyl (C=O) groups excluding carboxylic acids is 1. The normalized spacial score (nSPS) is 26.0. The number of ether oxygens (including phenoxy) is 2. The molecule has 1 amide bonds. The molecule has 0 bridgehead atoms. The zero-order valence-electron chi connectivity index (χ0n) is 13.9. The monoisotopic (exact) mass is 333 g/mol. The molecule has 130 valence electrons. The quantitative estimate of drug-likeness (QED) is 0.885. The first-order chi connectivity index (χ1) is 11.5. The molecule has 2 aliphatic heterocycles. The van der Waals surface area contributed by atoms with Gasteiger partial charge in [0.2, 0.25) is 5.91 Å². The Balaban J connectivity index is 1.60. The van der Waals surface area contributed by atoms with E-state index in [0.717, 1.165) is 11.3 Å².